The van der Waals surface area contributed by atoms with E-state index in [1.54, 1.807) is 0 Å². The van der Waals surface area contributed by atoms with Crippen LogP contribution < -0.4 is 5.32 Å². The lowest BCUT2D eigenvalue weighted by Crippen LogP contribution is -2.45. The fourth-order valence-electron chi connectivity index (χ4n) is 5.48. The third kappa shape index (κ3) is 5.38. The maximum Gasteiger partial charge on any atom is 0.222 e. The number of carbonyl (C=O) groups excluding carboxylic acids is 1. The second-order valence-electron chi connectivity index (χ2n) is 10.3. The molecular formula is C26H41N3O. The summed E-state index contributed by atoms with van der Waals surface area (Å²) >= 11 is 0. The largest absolute Gasteiger partial charge is 0.385 e. The molecule has 0 aromatic heterocycles. The summed E-state index contributed by atoms with van der Waals surface area (Å²) in [6.07, 6.45) is 10.8. The molecule has 1 aromatic carbocycles. The summed E-state index contributed by atoms with van der Waals surface area (Å²) in [5.74, 6) is 1.89. The molecule has 0 unspecified atom stereocenters. The van der Waals surface area contributed by atoms with Crippen molar-refractivity contribution in [2.24, 2.45) is 11.8 Å². The second-order valence-corrected chi connectivity index (χ2v) is 10.3. The van der Waals surface area contributed by atoms with Gasteiger partial charge in [0.25, 0.3) is 0 Å². The van der Waals surface area contributed by atoms with Crippen molar-refractivity contribution in [3.8, 4) is 0 Å². The van der Waals surface area contributed by atoms with Crippen molar-refractivity contribution < 1.29 is 4.79 Å². The topological polar surface area (TPSA) is 35.6 Å². The Kier molecular flexibility index (Phi) is 7.35. The maximum absolute atomic E-state index is 13.3. The number of hydrogen-bond acceptors (Lipinski definition) is 3. The number of carbonyl (C=O) groups is 1. The van der Waals surface area contributed by atoms with E-state index >= 15 is 0 Å². The average Bonchev–Trinajstić information content (AvgIpc) is 3.05. The summed E-state index contributed by atoms with van der Waals surface area (Å²) in [4.78, 5) is 18.3. The van der Waals surface area contributed by atoms with E-state index in [0.29, 0.717) is 18.0 Å². The number of para-hydroxylation sites is 1. The molecule has 4 nitrogen and oxygen atoms in total. The van der Waals surface area contributed by atoms with Crippen LogP contribution in [0, 0.1) is 11.8 Å². The molecule has 0 radical (unpaired) electrons. The van der Waals surface area contributed by atoms with Gasteiger partial charge in [-0.2, -0.15) is 0 Å². The number of fused-ring (bicyclic) bond motifs is 3. The van der Waals surface area contributed by atoms with Gasteiger partial charge in [-0.3, -0.25) is 9.69 Å². The Balaban J connectivity index is 1.52. The van der Waals surface area contributed by atoms with Gasteiger partial charge in [0, 0.05) is 43.8 Å². The molecule has 4 rings (SSSR count). The normalized spacial score (nSPS) is 25.4. The predicted octanol–water partition coefficient (Wildman–Crippen LogP) is 5.29. The molecule has 2 atom stereocenters. The zero-order valence-corrected chi connectivity index (χ0v) is 19.1. The third-order valence-electron chi connectivity index (χ3n) is 7.68. The zero-order chi connectivity index (χ0) is 20.9. The molecular weight excluding hydrogens is 370 g/mol. The van der Waals surface area contributed by atoms with E-state index in [-0.39, 0.29) is 0 Å². The molecule has 30 heavy (non-hydrogen) atoms. The molecule has 1 saturated heterocycles. The van der Waals surface area contributed by atoms with Crippen LogP contribution in [0.25, 0.3) is 0 Å². The highest BCUT2D eigenvalue weighted by Crippen LogP contribution is 2.32. The van der Waals surface area contributed by atoms with Gasteiger partial charge in [-0.25, -0.2) is 0 Å². The van der Waals surface area contributed by atoms with E-state index in [4.69, 9.17) is 0 Å². The van der Waals surface area contributed by atoms with Gasteiger partial charge in [0.15, 0.2) is 0 Å². The van der Waals surface area contributed by atoms with Gasteiger partial charge in [-0.05, 0) is 62.1 Å². The standard InChI is InChI=1S/C26H41N3O/c1-20(2)15-17-29-23-11-12-24(29)19-28(26(30)13-10-21-6-5-7-21)18-22-8-3-4-9-25(22)27-16-14-23/h3-4,8-9,20-21,23-24,27H,5-7,10-19H2,1-2H3/t23-,24+/m1/s1. The number of amides is 1. The average molecular weight is 412 g/mol. The Labute approximate surface area is 183 Å². The summed E-state index contributed by atoms with van der Waals surface area (Å²) in [6, 6.07) is 9.76. The van der Waals surface area contributed by atoms with Gasteiger partial charge in [-0.1, -0.05) is 51.3 Å². The van der Waals surface area contributed by atoms with Crippen LogP contribution in [0.3, 0.4) is 0 Å². The highest BCUT2D eigenvalue weighted by Gasteiger charge is 2.35. The monoisotopic (exact) mass is 411 g/mol. The SMILES string of the molecule is CC(C)CCN1[C@H]2CCNc3ccccc3CN(C(=O)CCC3CCC3)C[C@@H]1CC2. The fourth-order valence-corrected chi connectivity index (χ4v) is 5.48. The van der Waals surface area contributed by atoms with Crippen molar-refractivity contribution in [1.29, 1.82) is 0 Å². The van der Waals surface area contributed by atoms with Gasteiger partial charge in [0.2, 0.25) is 5.91 Å². The van der Waals surface area contributed by atoms with Crippen LogP contribution in [0.4, 0.5) is 5.69 Å². The van der Waals surface area contributed by atoms with Gasteiger partial charge in [-0.15, -0.1) is 0 Å². The van der Waals surface area contributed by atoms with Crippen LogP contribution in [0.5, 0.6) is 0 Å². The molecule has 1 aliphatic carbocycles. The van der Waals surface area contributed by atoms with Crippen LogP contribution >= 0.6 is 0 Å². The third-order valence-corrected chi connectivity index (χ3v) is 7.68. The first-order chi connectivity index (χ1) is 14.6. The minimum atomic E-state index is 0.364. The Bertz CT molecular complexity index is 699. The van der Waals surface area contributed by atoms with Crippen molar-refractivity contribution in [2.45, 2.75) is 90.3 Å². The zero-order valence-electron chi connectivity index (χ0n) is 19.1. The molecule has 0 spiro atoms. The van der Waals surface area contributed by atoms with Crippen molar-refractivity contribution in [3.63, 3.8) is 0 Å². The molecule has 4 heteroatoms. The fraction of sp³-hybridized carbons (Fsp3) is 0.731. The Morgan fingerprint density at radius 3 is 2.67 bits per heavy atom. The number of hydrogen-bond donors (Lipinski definition) is 1. The Morgan fingerprint density at radius 1 is 1.10 bits per heavy atom. The lowest BCUT2D eigenvalue weighted by Gasteiger charge is -2.34. The van der Waals surface area contributed by atoms with E-state index in [0.717, 1.165) is 44.3 Å². The molecule has 1 aromatic rings. The number of anilines is 1. The molecule has 2 fully saturated rings. The first kappa shape index (κ1) is 21.7. The first-order valence-corrected chi connectivity index (χ1v) is 12.5. The second kappa shape index (κ2) is 10.2. The first-order valence-electron chi connectivity index (χ1n) is 12.5. The van der Waals surface area contributed by atoms with Crippen molar-refractivity contribution in [2.75, 3.05) is 25.0 Å². The summed E-state index contributed by atoms with van der Waals surface area (Å²) < 4.78 is 0. The highest BCUT2D eigenvalue weighted by molar-refractivity contribution is 5.76. The summed E-state index contributed by atoms with van der Waals surface area (Å²) in [6.45, 7) is 8.47. The van der Waals surface area contributed by atoms with Crippen molar-refractivity contribution >= 4 is 11.6 Å². The minimum Gasteiger partial charge on any atom is -0.385 e. The van der Waals surface area contributed by atoms with Crippen LogP contribution in [0.15, 0.2) is 24.3 Å². The van der Waals surface area contributed by atoms with Gasteiger partial charge >= 0.3 is 0 Å². The number of nitrogens with zero attached hydrogens (tertiary/aromatic N) is 2. The van der Waals surface area contributed by atoms with Gasteiger partial charge in [0.05, 0.1) is 0 Å². The minimum absolute atomic E-state index is 0.364. The van der Waals surface area contributed by atoms with E-state index in [9.17, 15) is 4.79 Å². The molecule has 3 aliphatic rings. The van der Waals surface area contributed by atoms with Crippen LogP contribution in [0.2, 0.25) is 0 Å². The van der Waals surface area contributed by atoms with Crippen LogP contribution in [-0.2, 0) is 11.3 Å². The van der Waals surface area contributed by atoms with E-state index in [2.05, 4.69) is 53.2 Å². The van der Waals surface area contributed by atoms with Crippen molar-refractivity contribution in [1.82, 2.24) is 9.80 Å². The molecule has 2 bridgehead atoms. The summed E-state index contributed by atoms with van der Waals surface area (Å²) in [5.41, 5.74) is 2.47. The molecule has 166 valence electrons. The quantitative estimate of drug-likeness (QED) is 0.691. The molecule has 1 saturated carbocycles. The lowest BCUT2D eigenvalue weighted by molar-refractivity contribution is -0.133. The smallest absolute Gasteiger partial charge is 0.222 e. The summed E-state index contributed by atoms with van der Waals surface area (Å²) in [5, 5.41) is 3.69. The summed E-state index contributed by atoms with van der Waals surface area (Å²) in [7, 11) is 0. The number of benzene rings is 1. The Hall–Kier alpha value is -1.55. The lowest BCUT2D eigenvalue weighted by atomic mass is 9.82. The van der Waals surface area contributed by atoms with Crippen molar-refractivity contribution in [3.05, 3.63) is 29.8 Å². The molecule has 1 amide bonds. The molecule has 2 aliphatic heterocycles. The molecule has 1 N–H and O–H groups in total. The van der Waals surface area contributed by atoms with Gasteiger partial charge < -0.3 is 10.2 Å². The van der Waals surface area contributed by atoms with E-state index in [1.165, 1.54) is 62.7 Å². The molecule has 2 heterocycles. The van der Waals surface area contributed by atoms with Gasteiger partial charge in [0.1, 0.15) is 0 Å². The predicted molar refractivity (Wildman–Crippen MR) is 125 cm³/mol. The Morgan fingerprint density at radius 2 is 1.90 bits per heavy atom. The van der Waals surface area contributed by atoms with E-state index < -0.39 is 0 Å². The van der Waals surface area contributed by atoms with E-state index in [1.807, 2.05) is 0 Å². The number of nitrogens with one attached hydrogen (secondary N) is 1. The maximum atomic E-state index is 13.3. The highest BCUT2D eigenvalue weighted by atomic mass is 16.2. The van der Waals surface area contributed by atoms with Crippen LogP contribution in [0.1, 0.15) is 77.2 Å². The number of rotatable bonds is 6. The van der Waals surface area contributed by atoms with Crippen LogP contribution in [-0.4, -0.2) is 47.4 Å².